The maximum Gasteiger partial charge on any atom is 0.291 e. The Hall–Kier alpha value is -2.72. The molecule has 1 N–H and O–H groups in total. The zero-order valence-electron chi connectivity index (χ0n) is 15.2. The van der Waals surface area contributed by atoms with E-state index < -0.39 is 0 Å². The van der Waals surface area contributed by atoms with Crippen LogP contribution >= 0.6 is 11.6 Å². The van der Waals surface area contributed by atoms with Crippen LogP contribution < -0.4 is 10.1 Å². The van der Waals surface area contributed by atoms with E-state index in [1.165, 1.54) is 0 Å². The third kappa shape index (κ3) is 5.38. The Morgan fingerprint density at radius 2 is 1.93 bits per heavy atom. The minimum Gasteiger partial charge on any atom is -0.493 e. The molecule has 0 radical (unpaired) electrons. The molecule has 0 fully saturated rings. The summed E-state index contributed by atoms with van der Waals surface area (Å²) >= 11 is 6.14. The molecule has 0 bridgehead atoms. The van der Waals surface area contributed by atoms with Gasteiger partial charge in [-0.25, -0.2) is 0 Å². The third-order valence-electron chi connectivity index (χ3n) is 4.06. The Balaban J connectivity index is 1.70. The number of amides is 1. The summed E-state index contributed by atoms with van der Waals surface area (Å²) in [4.78, 5) is 12.3. The Kier molecular flexibility index (Phi) is 6.55. The molecule has 3 aromatic rings. The van der Waals surface area contributed by atoms with Crippen LogP contribution in [0, 0.1) is 0 Å². The second kappa shape index (κ2) is 9.28. The fourth-order valence-electron chi connectivity index (χ4n) is 2.65. The summed E-state index contributed by atoms with van der Waals surface area (Å²) in [5, 5.41) is 3.45. The van der Waals surface area contributed by atoms with Gasteiger partial charge in [-0.15, -0.1) is 0 Å². The van der Waals surface area contributed by atoms with Crippen molar-refractivity contribution in [1.29, 1.82) is 0 Å². The van der Waals surface area contributed by atoms with E-state index in [1.807, 2.05) is 48.5 Å². The van der Waals surface area contributed by atoms with Crippen molar-refractivity contribution in [3.8, 4) is 5.75 Å². The first kappa shape index (κ1) is 19.1. The summed E-state index contributed by atoms with van der Waals surface area (Å²) in [5.74, 6) is 1.46. The number of anilines is 1. The lowest BCUT2D eigenvalue weighted by molar-refractivity contribution is 0.0995. The number of unbranched alkanes of at least 4 members (excludes halogenated alkanes) is 1. The van der Waals surface area contributed by atoms with Gasteiger partial charge in [-0.05, 0) is 48.9 Å². The summed E-state index contributed by atoms with van der Waals surface area (Å²) in [5.41, 5.74) is 1.66. The number of carbonyl (C=O) groups is 1. The fourth-order valence-corrected chi connectivity index (χ4v) is 2.84. The normalized spacial score (nSPS) is 10.6. The van der Waals surface area contributed by atoms with Crippen molar-refractivity contribution in [3.05, 3.63) is 82.8 Å². The molecule has 1 aromatic heterocycles. The number of para-hydroxylation sites is 1. The number of hydrogen-bond donors (Lipinski definition) is 1. The number of carbonyl (C=O) groups excluding carboxylic acids is 1. The zero-order valence-corrected chi connectivity index (χ0v) is 16.0. The second-order valence-corrected chi connectivity index (χ2v) is 6.65. The van der Waals surface area contributed by atoms with E-state index in [0.717, 1.165) is 29.8 Å². The lowest BCUT2D eigenvalue weighted by Gasteiger charge is -2.11. The van der Waals surface area contributed by atoms with Crippen molar-refractivity contribution in [2.75, 3.05) is 11.9 Å². The molecule has 3 rings (SSSR count). The van der Waals surface area contributed by atoms with Crippen LogP contribution in [0.4, 0.5) is 5.69 Å². The second-order valence-electron chi connectivity index (χ2n) is 6.22. The third-order valence-corrected chi connectivity index (χ3v) is 4.29. The van der Waals surface area contributed by atoms with Gasteiger partial charge in [0.2, 0.25) is 0 Å². The van der Waals surface area contributed by atoms with E-state index in [1.54, 1.807) is 12.1 Å². The predicted octanol–water partition coefficient (Wildman–Crippen LogP) is 5.96. The van der Waals surface area contributed by atoms with Gasteiger partial charge in [0, 0.05) is 22.7 Å². The minimum atomic E-state index is -0.280. The van der Waals surface area contributed by atoms with E-state index in [-0.39, 0.29) is 11.7 Å². The van der Waals surface area contributed by atoms with Crippen molar-refractivity contribution in [2.45, 2.75) is 26.2 Å². The van der Waals surface area contributed by atoms with Crippen molar-refractivity contribution >= 4 is 23.2 Å². The number of halogens is 1. The topological polar surface area (TPSA) is 51.5 Å². The number of rotatable bonds is 8. The van der Waals surface area contributed by atoms with Crippen LogP contribution in [0.1, 0.15) is 41.6 Å². The first-order valence-corrected chi connectivity index (χ1v) is 9.40. The molecule has 0 spiro atoms. The zero-order chi connectivity index (χ0) is 19.1. The van der Waals surface area contributed by atoms with E-state index >= 15 is 0 Å². The molecule has 0 aliphatic carbocycles. The highest BCUT2D eigenvalue weighted by atomic mass is 35.5. The first-order valence-electron chi connectivity index (χ1n) is 9.02. The van der Waals surface area contributed by atoms with Crippen LogP contribution in [0.2, 0.25) is 5.02 Å². The number of ether oxygens (including phenoxy) is 1. The molecule has 27 heavy (non-hydrogen) atoms. The molecular formula is C22H22ClNO3. The summed E-state index contributed by atoms with van der Waals surface area (Å²) in [6.07, 6.45) is 2.56. The SMILES string of the molecule is CCCCOc1ccc(Cl)cc1Cc1ccc(C(=O)Nc2ccccc2)o1. The van der Waals surface area contributed by atoms with Crippen molar-refractivity contribution < 1.29 is 13.9 Å². The van der Waals surface area contributed by atoms with Crippen LogP contribution in [0.3, 0.4) is 0 Å². The van der Waals surface area contributed by atoms with Gasteiger partial charge in [0.1, 0.15) is 11.5 Å². The van der Waals surface area contributed by atoms with Crippen LogP contribution in [0.25, 0.3) is 0 Å². The summed E-state index contributed by atoms with van der Waals surface area (Å²) in [6, 6.07) is 18.3. The van der Waals surface area contributed by atoms with E-state index in [4.69, 9.17) is 20.8 Å². The van der Waals surface area contributed by atoms with Gasteiger partial charge in [0.05, 0.1) is 6.61 Å². The number of nitrogens with one attached hydrogen (secondary N) is 1. The number of benzene rings is 2. The maximum atomic E-state index is 12.3. The van der Waals surface area contributed by atoms with Crippen LogP contribution in [0.5, 0.6) is 5.75 Å². The Morgan fingerprint density at radius 3 is 2.70 bits per heavy atom. The first-order chi connectivity index (χ1) is 13.2. The summed E-state index contributed by atoms with van der Waals surface area (Å²) in [6.45, 7) is 2.78. The lowest BCUT2D eigenvalue weighted by Crippen LogP contribution is -2.10. The molecule has 4 nitrogen and oxygen atoms in total. The molecule has 0 aliphatic heterocycles. The maximum absolute atomic E-state index is 12.3. The van der Waals surface area contributed by atoms with Gasteiger partial charge in [-0.1, -0.05) is 43.1 Å². The van der Waals surface area contributed by atoms with Gasteiger partial charge in [0.25, 0.3) is 5.91 Å². The molecule has 0 aliphatic rings. The molecule has 0 atom stereocenters. The Labute approximate surface area is 164 Å². The Morgan fingerprint density at radius 1 is 1.11 bits per heavy atom. The molecule has 140 valence electrons. The number of hydrogen-bond acceptors (Lipinski definition) is 3. The molecule has 0 unspecified atom stereocenters. The van der Waals surface area contributed by atoms with E-state index in [9.17, 15) is 4.79 Å². The van der Waals surface area contributed by atoms with Gasteiger partial charge in [0.15, 0.2) is 5.76 Å². The molecule has 5 heteroatoms. The van der Waals surface area contributed by atoms with E-state index in [0.29, 0.717) is 23.8 Å². The summed E-state index contributed by atoms with van der Waals surface area (Å²) in [7, 11) is 0. The van der Waals surface area contributed by atoms with Gasteiger partial charge in [-0.2, -0.15) is 0 Å². The average molecular weight is 384 g/mol. The molecule has 1 heterocycles. The van der Waals surface area contributed by atoms with Crippen molar-refractivity contribution in [3.63, 3.8) is 0 Å². The Bertz CT molecular complexity index is 890. The lowest BCUT2D eigenvalue weighted by atomic mass is 10.1. The smallest absolute Gasteiger partial charge is 0.291 e. The summed E-state index contributed by atoms with van der Waals surface area (Å²) < 4.78 is 11.6. The highest BCUT2D eigenvalue weighted by Gasteiger charge is 2.14. The van der Waals surface area contributed by atoms with Crippen molar-refractivity contribution in [1.82, 2.24) is 0 Å². The minimum absolute atomic E-state index is 0.268. The molecule has 2 aromatic carbocycles. The quantitative estimate of drug-likeness (QED) is 0.488. The molecule has 0 saturated carbocycles. The molecule has 0 saturated heterocycles. The van der Waals surface area contributed by atoms with Gasteiger partial charge in [-0.3, -0.25) is 4.79 Å². The van der Waals surface area contributed by atoms with Crippen LogP contribution in [-0.2, 0) is 6.42 Å². The molecular weight excluding hydrogens is 362 g/mol. The number of furan rings is 1. The fraction of sp³-hybridized carbons (Fsp3) is 0.227. The van der Waals surface area contributed by atoms with Gasteiger partial charge < -0.3 is 14.5 Å². The van der Waals surface area contributed by atoms with Crippen LogP contribution in [-0.4, -0.2) is 12.5 Å². The standard InChI is InChI=1S/C22H22ClNO3/c1-2-3-13-26-20-11-9-17(23)14-16(20)15-19-10-12-21(27-19)22(25)24-18-7-5-4-6-8-18/h4-12,14H,2-3,13,15H2,1H3,(H,24,25). The monoisotopic (exact) mass is 383 g/mol. The van der Waals surface area contributed by atoms with Crippen molar-refractivity contribution in [2.24, 2.45) is 0 Å². The highest BCUT2D eigenvalue weighted by molar-refractivity contribution is 6.30. The van der Waals surface area contributed by atoms with Gasteiger partial charge >= 0.3 is 0 Å². The molecule has 1 amide bonds. The van der Waals surface area contributed by atoms with E-state index in [2.05, 4.69) is 12.2 Å². The highest BCUT2D eigenvalue weighted by Crippen LogP contribution is 2.26. The predicted molar refractivity (Wildman–Crippen MR) is 108 cm³/mol. The largest absolute Gasteiger partial charge is 0.493 e. The van der Waals surface area contributed by atoms with Crippen LogP contribution in [0.15, 0.2) is 65.1 Å². The average Bonchev–Trinajstić information content (AvgIpc) is 3.13.